The average molecular weight is 317 g/mol. The lowest BCUT2D eigenvalue weighted by Crippen LogP contribution is -2.40. The van der Waals surface area contributed by atoms with E-state index in [-0.39, 0.29) is 23.5 Å². The lowest BCUT2D eigenvalue weighted by Gasteiger charge is -2.33. The van der Waals surface area contributed by atoms with Crippen LogP contribution in [0.4, 0.5) is 0 Å². The maximum absolute atomic E-state index is 12.8. The van der Waals surface area contributed by atoms with Crippen molar-refractivity contribution in [2.45, 2.75) is 44.7 Å². The minimum Gasteiger partial charge on any atom is -0.475 e. The van der Waals surface area contributed by atoms with E-state index in [0.29, 0.717) is 6.54 Å². The standard InChI is InChI=1S/C17H19NO5/c19-16(14-6-7-15(23-14)17(20)21)18(10-12-8-9-22-11-12)13-4-2-1-3-5-13/h6-9,11,13H,1-5,10H2,(H,20,21). The van der Waals surface area contributed by atoms with Gasteiger partial charge >= 0.3 is 5.97 Å². The van der Waals surface area contributed by atoms with Crippen molar-refractivity contribution in [2.24, 2.45) is 0 Å². The van der Waals surface area contributed by atoms with Crippen molar-refractivity contribution in [1.29, 1.82) is 0 Å². The molecule has 1 amide bonds. The second-order valence-corrected chi connectivity index (χ2v) is 5.83. The van der Waals surface area contributed by atoms with Gasteiger partial charge in [-0.15, -0.1) is 0 Å². The van der Waals surface area contributed by atoms with Crippen LogP contribution < -0.4 is 0 Å². The van der Waals surface area contributed by atoms with Gasteiger partial charge in [-0.05, 0) is 31.0 Å². The van der Waals surface area contributed by atoms with Crippen LogP contribution in [-0.4, -0.2) is 27.9 Å². The monoisotopic (exact) mass is 317 g/mol. The largest absolute Gasteiger partial charge is 0.475 e. The average Bonchev–Trinajstić information content (AvgIpc) is 3.24. The van der Waals surface area contributed by atoms with Crippen LogP contribution in [0.15, 0.2) is 39.6 Å². The number of nitrogens with zero attached hydrogens (tertiary/aromatic N) is 1. The molecule has 2 aromatic heterocycles. The van der Waals surface area contributed by atoms with Crippen LogP contribution in [0.25, 0.3) is 0 Å². The van der Waals surface area contributed by atoms with E-state index in [4.69, 9.17) is 13.9 Å². The summed E-state index contributed by atoms with van der Waals surface area (Å²) in [6, 6.07) is 4.71. The highest BCUT2D eigenvalue weighted by molar-refractivity contribution is 5.93. The topological polar surface area (TPSA) is 83.9 Å². The molecule has 1 fully saturated rings. The Labute approximate surface area is 133 Å². The van der Waals surface area contributed by atoms with Gasteiger partial charge in [0.2, 0.25) is 5.76 Å². The van der Waals surface area contributed by atoms with Crippen LogP contribution >= 0.6 is 0 Å². The maximum Gasteiger partial charge on any atom is 0.371 e. The lowest BCUT2D eigenvalue weighted by atomic mass is 9.93. The minimum absolute atomic E-state index is 0.0662. The van der Waals surface area contributed by atoms with Crippen LogP contribution in [0.2, 0.25) is 0 Å². The van der Waals surface area contributed by atoms with Crippen molar-refractivity contribution in [3.8, 4) is 0 Å². The van der Waals surface area contributed by atoms with Crippen molar-refractivity contribution in [2.75, 3.05) is 0 Å². The predicted molar refractivity (Wildman–Crippen MR) is 81.1 cm³/mol. The van der Waals surface area contributed by atoms with E-state index < -0.39 is 5.97 Å². The van der Waals surface area contributed by atoms with E-state index in [1.54, 1.807) is 17.4 Å². The summed E-state index contributed by atoms with van der Waals surface area (Å²) in [4.78, 5) is 25.5. The summed E-state index contributed by atoms with van der Waals surface area (Å²) in [7, 11) is 0. The molecule has 1 aliphatic rings. The highest BCUT2D eigenvalue weighted by Crippen LogP contribution is 2.26. The van der Waals surface area contributed by atoms with Gasteiger partial charge in [0, 0.05) is 18.2 Å². The number of furan rings is 2. The number of carbonyl (C=O) groups is 2. The Kier molecular flexibility index (Phi) is 4.50. The molecule has 0 aromatic carbocycles. The summed E-state index contributed by atoms with van der Waals surface area (Å²) >= 11 is 0. The molecule has 0 spiro atoms. The van der Waals surface area contributed by atoms with E-state index in [9.17, 15) is 9.59 Å². The molecule has 3 rings (SSSR count). The molecule has 1 saturated carbocycles. The zero-order valence-corrected chi connectivity index (χ0v) is 12.7. The van der Waals surface area contributed by atoms with E-state index >= 15 is 0 Å². The first-order valence-corrected chi connectivity index (χ1v) is 7.80. The Bertz CT molecular complexity index is 667. The zero-order chi connectivity index (χ0) is 16.2. The number of hydrogen-bond donors (Lipinski definition) is 1. The number of amides is 1. The van der Waals surface area contributed by atoms with Crippen LogP contribution in [0.3, 0.4) is 0 Å². The summed E-state index contributed by atoms with van der Waals surface area (Å²) in [5.41, 5.74) is 0.911. The minimum atomic E-state index is -1.18. The van der Waals surface area contributed by atoms with Crippen molar-refractivity contribution >= 4 is 11.9 Å². The van der Waals surface area contributed by atoms with Gasteiger partial charge in [-0.1, -0.05) is 19.3 Å². The molecule has 6 nitrogen and oxygen atoms in total. The normalized spacial score (nSPS) is 15.5. The molecule has 0 radical (unpaired) electrons. The number of carbonyl (C=O) groups excluding carboxylic acids is 1. The Balaban J connectivity index is 1.83. The van der Waals surface area contributed by atoms with Crippen LogP contribution in [0, 0.1) is 0 Å². The number of carboxylic acids is 1. The lowest BCUT2D eigenvalue weighted by molar-refractivity contribution is 0.0570. The Morgan fingerprint density at radius 3 is 2.48 bits per heavy atom. The molecule has 0 bridgehead atoms. The second kappa shape index (κ2) is 6.73. The molecule has 1 aliphatic carbocycles. The third-order valence-electron chi connectivity index (χ3n) is 4.24. The summed E-state index contributed by atoms with van der Waals surface area (Å²) in [5.74, 6) is -1.61. The third-order valence-corrected chi connectivity index (χ3v) is 4.24. The molecule has 0 aliphatic heterocycles. The summed E-state index contributed by atoms with van der Waals surface area (Å²) in [6.45, 7) is 0.434. The summed E-state index contributed by atoms with van der Waals surface area (Å²) < 4.78 is 10.3. The molecule has 23 heavy (non-hydrogen) atoms. The van der Waals surface area contributed by atoms with Crippen molar-refractivity contribution in [3.05, 3.63) is 47.8 Å². The first-order valence-electron chi connectivity index (χ1n) is 7.80. The molecule has 2 heterocycles. The van der Waals surface area contributed by atoms with Gasteiger partial charge < -0.3 is 18.8 Å². The first-order chi connectivity index (χ1) is 11.1. The fourth-order valence-electron chi connectivity index (χ4n) is 3.05. The van der Waals surface area contributed by atoms with Crippen molar-refractivity contribution in [1.82, 2.24) is 4.90 Å². The van der Waals surface area contributed by atoms with Gasteiger partial charge in [0.15, 0.2) is 5.76 Å². The van der Waals surface area contributed by atoms with Gasteiger partial charge in [-0.2, -0.15) is 0 Å². The molecule has 0 atom stereocenters. The molecular formula is C17H19NO5. The smallest absolute Gasteiger partial charge is 0.371 e. The van der Waals surface area contributed by atoms with Crippen LogP contribution in [-0.2, 0) is 6.54 Å². The summed E-state index contributed by atoms with van der Waals surface area (Å²) in [6.07, 6.45) is 8.49. The fourth-order valence-corrected chi connectivity index (χ4v) is 3.05. The molecular weight excluding hydrogens is 298 g/mol. The van der Waals surface area contributed by atoms with Gasteiger partial charge in [-0.3, -0.25) is 4.79 Å². The molecule has 0 unspecified atom stereocenters. The Morgan fingerprint density at radius 2 is 1.87 bits per heavy atom. The number of carboxylic acid groups (broad SMARTS) is 1. The molecule has 122 valence electrons. The van der Waals surface area contributed by atoms with Gasteiger partial charge in [-0.25, -0.2) is 4.79 Å². The number of aromatic carboxylic acids is 1. The highest BCUT2D eigenvalue weighted by Gasteiger charge is 2.29. The highest BCUT2D eigenvalue weighted by atomic mass is 16.4. The van der Waals surface area contributed by atoms with E-state index in [2.05, 4.69) is 0 Å². The number of rotatable bonds is 5. The van der Waals surface area contributed by atoms with Crippen molar-refractivity contribution in [3.63, 3.8) is 0 Å². The Hall–Kier alpha value is -2.50. The maximum atomic E-state index is 12.8. The fraction of sp³-hybridized carbons (Fsp3) is 0.412. The first kappa shape index (κ1) is 15.4. The number of hydrogen-bond acceptors (Lipinski definition) is 4. The van der Waals surface area contributed by atoms with E-state index in [1.165, 1.54) is 18.6 Å². The molecule has 0 saturated heterocycles. The van der Waals surface area contributed by atoms with Crippen LogP contribution in [0.5, 0.6) is 0 Å². The van der Waals surface area contributed by atoms with Crippen molar-refractivity contribution < 1.29 is 23.5 Å². The van der Waals surface area contributed by atoms with E-state index in [1.807, 2.05) is 6.07 Å². The van der Waals surface area contributed by atoms with Gasteiger partial charge in [0.1, 0.15) is 0 Å². The Morgan fingerprint density at radius 1 is 1.13 bits per heavy atom. The van der Waals surface area contributed by atoms with Gasteiger partial charge in [0.25, 0.3) is 5.91 Å². The molecule has 6 heteroatoms. The SMILES string of the molecule is O=C(O)c1ccc(C(=O)N(Cc2ccoc2)C2CCCCC2)o1. The summed E-state index contributed by atoms with van der Waals surface area (Å²) in [5, 5.41) is 8.94. The van der Waals surface area contributed by atoms with E-state index in [0.717, 1.165) is 31.2 Å². The quantitative estimate of drug-likeness (QED) is 0.911. The van der Waals surface area contributed by atoms with Gasteiger partial charge in [0.05, 0.1) is 12.5 Å². The third kappa shape index (κ3) is 3.47. The predicted octanol–water partition coefficient (Wildman–Crippen LogP) is 3.55. The second-order valence-electron chi connectivity index (χ2n) is 5.83. The van der Waals surface area contributed by atoms with Crippen LogP contribution in [0.1, 0.15) is 58.8 Å². The zero-order valence-electron chi connectivity index (χ0n) is 12.7. The molecule has 1 N–H and O–H groups in total. The molecule has 2 aromatic rings.